The number of carbonyl (C=O) groups excluding carboxylic acids is 1. The molecule has 2 aromatic carbocycles. The first-order valence-electron chi connectivity index (χ1n) is 8.66. The lowest BCUT2D eigenvalue weighted by atomic mass is 10.1. The SMILES string of the molecule is O=C(NCc1ccc(COCC(F)(F)F)cc1)c1nn(-c2ccccc2)cc1O. The van der Waals surface area contributed by atoms with Crippen molar-refractivity contribution in [3.05, 3.63) is 77.6 Å². The predicted octanol–water partition coefficient (Wildman–Crippen LogP) is 3.59. The molecule has 0 atom stereocenters. The molecule has 0 saturated heterocycles. The summed E-state index contributed by atoms with van der Waals surface area (Å²) in [5, 5.41) is 16.8. The molecule has 3 aromatic rings. The summed E-state index contributed by atoms with van der Waals surface area (Å²) in [4.78, 5) is 12.3. The second kappa shape index (κ2) is 8.78. The van der Waals surface area contributed by atoms with Crippen LogP contribution in [0.3, 0.4) is 0 Å². The minimum atomic E-state index is -4.36. The van der Waals surface area contributed by atoms with E-state index >= 15 is 0 Å². The Morgan fingerprint density at radius 1 is 1.07 bits per heavy atom. The average molecular weight is 405 g/mol. The number of carbonyl (C=O) groups is 1. The lowest BCUT2D eigenvalue weighted by Crippen LogP contribution is -2.23. The van der Waals surface area contributed by atoms with Crippen LogP contribution < -0.4 is 5.32 Å². The Bertz CT molecular complexity index is 955. The molecule has 0 bridgehead atoms. The summed E-state index contributed by atoms with van der Waals surface area (Å²) < 4.78 is 42.2. The van der Waals surface area contributed by atoms with Gasteiger partial charge in [-0.25, -0.2) is 4.68 Å². The summed E-state index contributed by atoms with van der Waals surface area (Å²) in [6, 6.07) is 15.6. The van der Waals surface area contributed by atoms with Crippen LogP contribution in [0.2, 0.25) is 0 Å². The number of rotatable bonds is 7. The van der Waals surface area contributed by atoms with Gasteiger partial charge in [0.05, 0.1) is 18.5 Å². The Morgan fingerprint density at radius 2 is 1.72 bits per heavy atom. The zero-order valence-corrected chi connectivity index (χ0v) is 15.2. The van der Waals surface area contributed by atoms with Gasteiger partial charge in [0.1, 0.15) is 6.61 Å². The predicted molar refractivity (Wildman–Crippen MR) is 98.6 cm³/mol. The van der Waals surface area contributed by atoms with Gasteiger partial charge in [0, 0.05) is 6.54 Å². The van der Waals surface area contributed by atoms with Crippen molar-refractivity contribution in [2.75, 3.05) is 6.61 Å². The standard InChI is InChI=1S/C20H18F3N3O3/c21-20(22,23)13-29-12-15-8-6-14(7-9-15)10-24-19(28)18-17(27)11-26(25-18)16-4-2-1-3-5-16/h1-9,11,27H,10,12-13H2,(H,24,28). The Morgan fingerprint density at radius 3 is 2.38 bits per heavy atom. The maximum absolute atomic E-state index is 12.3. The molecule has 0 unspecified atom stereocenters. The molecule has 0 aliphatic carbocycles. The van der Waals surface area contributed by atoms with Crippen LogP contribution in [0.4, 0.5) is 13.2 Å². The van der Waals surface area contributed by atoms with Gasteiger partial charge in [-0.05, 0) is 23.3 Å². The molecule has 29 heavy (non-hydrogen) atoms. The third kappa shape index (κ3) is 5.82. The fourth-order valence-corrected chi connectivity index (χ4v) is 2.54. The number of alkyl halides is 3. The molecule has 152 valence electrons. The minimum absolute atomic E-state index is 0.106. The van der Waals surface area contributed by atoms with Gasteiger partial charge in [-0.3, -0.25) is 4.79 Å². The normalized spacial score (nSPS) is 11.4. The number of hydrogen-bond acceptors (Lipinski definition) is 4. The highest BCUT2D eigenvalue weighted by Crippen LogP contribution is 2.18. The first-order valence-corrected chi connectivity index (χ1v) is 8.66. The smallest absolute Gasteiger partial charge is 0.411 e. The highest BCUT2D eigenvalue weighted by Gasteiger charge is 2.27. The monoisotopic (exact) mass is 405 g/mol. The number of para-hydroxylation sites is 1. The van der Waals surface area contributed by atoms with Crippen molar-refractivity contribution in [2.24, 2.45) is 0 Å². The second-order valence-electron chi connectivity index (χ2n) is 6.25. The van der Waals surface area contributed by atoms with Gasteiger partial charge in [-0.1, -0.05) is 42.5 Å². The number of hydrogen-bond donors (Lipinski definition) is 2. The van der Waals surface area contributed by atoms with Crippen LogP contribution in [0, 0.1) is 0 Å². The molecule has 0 saturated carbocycles. The summed E-state index contributed by atoms with van der Waals surface area (Å²) >= 11 is 0. The van der Waals surface area contributed by atoms with Gasteiger partial charge in [0.2, 0.25) is 0 Å². The van der Waals surface area contributed by atoms with Crippen LogP contribution in [0.25, 0.3) is 5.69 Å². The lowest BCUT2D eigenvalue weighted by molar-refractivity contribution is -0.176. The van der Waals surface area contributed by atoms with E-state index in [0.29, 0.717) is 11.3 Å². The maximum Gasteiger partial charge on any atom is 0.411 e. The number of aromatic nitrogens is 2. The highest BCUT2D eigenvalue weighted by atomic mass is 19.4. The molecule has 0 aliphatic rings. The number of amides is 1. The number of nitrogens with one attached hydrogen (secondary N) is 1. The number of aromatic hydroxyl groups is 1. The van der Waals surface area contributed by atoms with E-state index in [2.05, 4.69) is 15.2 Å². The second-order valence-corrected chi connectivity index (χ2v) is 6.25. The van der Waals surface area contributed by atoms with Gasteiger partial charge in [-0.15, -0.1) is 0 Å². The topological polar surface area (TPSA) is 76.4 Å². The molecule has 2 N–H and O–H groups in total. The Kier molecular flexibility index (Phi) is 6.18. The molecule has 0 aliphatic heterocycles. The van der Waals surface area contributed by atoms with Crippen LogP contribution >= 0.6 is 0 Å². The van der Waals surface area contributed by atoms with Crippen LogP contribution in [0.15, 0.2) is 60.8 Å². The molecular formula is C20H18F3N3O3. The van der Waals surface area contributed by atoms with E-state index in [4.69, 9.17) is 0 Å². The van der Waals surface area contributed by atoms with Crippen LogP contribution in [0.5, 0.6) is 5.75 Å². The van der Waals surface area contributed by atoms with Crippen molar-refractivity contribution >= 4 is 5.91 Å². The molecular weight excluding hydrogens is 387 g/mol. The summed E-state index contributed by atoms with van der Waals surface area (Å²) in [5.74, 6) is -0.793. The minimum Gasteiger partial charge on any atom is -0.504 e. The molecule has 0 fully saturated rings. The quantitative estimate of drug-likeness (QED) is 0.630. The fraction of sp³-hybridized carbons (Fsp3) is 0.200. The van der Waals surface area contributed by atoms with E-state index in [1.165, 1.54) is 10.9 Å². The number of nitrogens with zero attached hydrogens (tertiary/aromatic N) is 2. The average Bonchev–Trinajstić information content (AvgIpc) is 3.09. The van der Waals surface area contributed by atoms with E-state index in [-0.39, 0.29) is 24.6 Å². The number of ether oxygens (including phenoxy) is 1. The molecule has 0 radical (unpaired) electrons. The third-order valence-electron chi connectivity index (χ3n) is 3.94. The Hall–Kier alpha value is -3.33. The first-order chi connectivity index (χ1) is 13.8. The van der Waals surface area contributed by atoms with E-state index in [9.17, 15) is 23.1 Å². The van der Waals surface area contributed by atoms with Crippen molar-refractivity contribution in [2.45, 2.75) is 19.3 Å². The number of halogens is 3. The van der Waals surface area contributed by atoms with Crippen LogP contribution in [0.1, 0.15) is 21.6 Å². The van der Waals surface area contributed by atoms with Crippen molar-refractivity contribution in [1.29, 1.82) is 0 Å². The maximum atomic E-state index is 12.3. The molecule has 0 spiro atoms. The Labute approximate surface area is 164 Å². The summed E-state index contributed by atoms with van der Waals surface area (Å²) in [6.45, 7) is -1.29. The van der Waals surface area contributed by atoms with Gasteiger partial charge >= 0.3 is 6.18 Å². The molecule has 1 amide bonds. The third-order valence-corrected chi connectivity index (χ3v) is 3.94. The van der Waals surface area contributed by atoms with Gasteiger partial charge in [0.25, 0.3) is 5.91 Å². The lowest BCUT2D eigenvalue weighted by Gasteiger charge is -2.08. The van der Waals surface area contributed by atoms with E-state index < -0.39 is 18.7 Å². The van der Waals surface area contributed by atoms with Crippen LogP contribution in [-0.2, 0) is 17.9 Å². The molecule has 3 rings (SSSR count). The Balaban J connectivity index is 1.55. The summed E-state index contributed by atoms with van der Waals surface area (Å²) in [5.41, 5.74) is 1.92. The summed E-state index contributed by atoms with van der Waals surface area (Å²) in [7, 11) is 0. The first kappa shape index (κ1) is 20.4. The fourth-order valence-electron chi connectivity index (χ4n) is 2.54. The van der Waals surface area contributed by atoms with Crippen molar-refractivity contribution < 1.29 is 27.8 Å². The van der Waals surface area contributed by atoms with Crippen molar-refractivity contribution in [1.82, 2.24) is 15.1 Å². The summed E-state index contributed by atoms with van der Waals surface area (Å²) in [6.07, 6.45) is -3.01. The molecule has 1 aromatic heterocycles. The highest BCUT2D eigenvalue weighted by molar-refractivity contribution is 5.94. The van der Waals surface area contributed by atoms with E-state index in [1.807, 2.05) is 18.2 Å². The zero-order chi connectivity index (χ0) is 20.9. The number of benzene rings is 2. The van der Waals surface area contributed by atoms with Gasteiger partial charge in [0.15, 0.2) is 11.4 Å². The largest absolute Gasteiger partial charge is 0.504 e. The van der Waals surface area contributed by atoms with Crippen molar-refractivity contribution in [3.8, 4) is 11.4 Å². The van der Waals surface area contributed by atoms with E-state index in [1.54, 1.807) is 36.4 Å². The van der Waals surface area contributed by atoms with E-state index in [0.717, 1.165) is 5.56 Å². The van der Waals surface area contributed by atoms with Crippen molar-refractivity contribution in [3.63, 3.8) is 0 Å². The molecule has 9 heteroatoms. The van der Waals surface area contributed by atoms with Gasteiger partial charge < -0.3 is 15.2 Å². The zero-order valence-electron chi connectivity index (χ0n) is 15.2. The van der Waals surface area contributed by atoms with Gasteiger partial charge in [-0.2, -0.15) is 18.3 Å². The molecule has 6 nitrogen and oxygen atoms in total. The van der Waals surface area contributed by atoms with Crippen LogP contribution in [-0.4, -0.2) is 33.6 Å². The molecule has 1 heterocycles.